The van der Waals surface area contributed by atoms with Crippen molar-refractivity contribution in [2.24, 2.45) is 10.9 Å². The van der Waals surface area contributed by atoms with Crippen LogP contribution < -0.4 is 5.32 Å². The van der Waals surface area contributed by atoms with Crippen molar-refractivity contribution < 1.29 is 9.47 Å². The lowest BCUT2D eigenvalue weighted by Gasteiger charge is -2.23. The molecule has 3 saturated heterocycles. The van der Waals surface area contributed by atoms with Crippen molar-refractivity contribution in [2.45, 2.75) is 58.3 Å². The van der Waals surface area contributed by atoms with Crippen LogP contribution in [0.25, 0.3) is 0 Å². The van der Waals surface area contributed by atoms with E-state index in [0.717, 1.165) is 57.6 Å². The van der Waals surface area contributed by atoms with Crippen LogP contribution in [0.2, 0.25) is 0 Å². The molecule has 0 amide bonds. The zero-order chi connectivity index (χ0) is 21.3. The summed E-state index contributed by atoms with van der Waals surface area (Å²) in [4.78, 5) is 10.1. The molecule has 6 nitrogen and oxygen atoms in total. The van der Waals surface area contributed by atoms with Crippen molar-refractivity contribution in [1.29, 1.82) is 0 Å². The first-order chi connectivity index (χ1) is 15.3. The minimum atomic E-state index is 0. The maximum atomic E-state index is 6.10. The smallest absolute Gasteiger partial charge is 0.194 e. The Morgan fingerprint density at radius 1 is 1.12 bits per heavy atom. The molecule has 1 unspecified atom stereocenters. The highest BCUT2D eigenvalue weighted by Gasteiger charge is 2.27. The van der Waals surface area contributed by atoms with Crippen LogP contribution in [0.15, 0.2) is 29.3 Å². The van der Waals surface area contributed by atoms with E-state index in [-0.39, 0.29) is 24.0 Å². The highest BCUT2D eigenvalue weighted by molar-refractivity contribution is 14.0. The van der Waals surface area contributed by atoms with Gasteiger partial charge in [0.15, 0.2) is 5.96 Å². The number of nitrogens with one attached hydrogen (secondary N) is 1. The predicted molar refractivity (Wildman–Crippen MR) is 141 cm³/mol. The van der Waals surface area contributed by atoms with Gasteiger partial charge in [0.05, 0.1) is 19.3 Å². The number of hydrogen-bond donors (Lipinski definition) is 1. The van der Waals surface area contributed by atoms with Crippen molar-refractivity contribution in [1.82, 2.24) is 15.1 Å². The van der Waals surface area contributed by atoms with Crippen molar-refractivity contribution in [3.63, 3.8) is 0 Å². The second kappa shape index (κ2) is 13.7. The quantitative estimate of drug-likeness (QED) is 0.299. The highest BCUT2D eigenvalue weighted by Crippen LogP contribution is 2.20. The van der Waals surface area contributed by atoms with Crippen LogP contribution in [0.3, 0.4) is 0 Å². The predicted octanol–water partition coefficient (Wildman–Crippen LogP) is 3.88. The summed E-state index contributed by atoms with van der Waals surface area (Å²) in [5, 5.41) is 3.52. The largest absolute Gasteiger partial charge is 0.381 e. The summed E-state index contributed by atoms with van der Waals surface area (Å²) in [6.45, 7) is 12.2. The van der Waals surface area contributed by atoms with E-state index >= 15 is 0 Å². The molecule has 0 saturated carbocycles. The van der Waals surface area contributed by atoms with E-state index in [1.807, 2.05) is 0 Å². The standard InChI is InChI=1S/C25H40N4O2.HI/c1-2-26-25(29-13-8-23(19-29)18-28-11-3-4-12-28)27-17-21-6-5-7-22(16-21)20-31-24-9-14-30-15-10-24;/h5-7,16,23-24H,2-4,8-15,17-20H2,1H3,(H,26,27);1H. The van der Waals surface area contributed by atoms with Crippen molar-refractivity contribution in [2.75, 3.05) is 52.5 Å². The number of ether oxygens (including phenoxy) is 2. The van der Waals surface area contributed by atoms with Gasteiger partial charge in [0, 0.05) is 39.4 Å². The van der Waals surface area contributed by atoms with Crippen LogP contribution in [-0.2, 0) is 22.6 Å². The van der Waals surface area contributed by atoms with E-state index < -0.39 is 0 Å². The average Bonchev–Trinajstić information content (AvgIpc) is 3.49. The molecule has 0 aromatic heterocycles. The third-order valence-electron chi connectivity index (χ3n) is 6.69. The van der Waals surface area contributed by atoms with Crippen molar-refractivity contribution >= 4 is 29.9 Å². The summed E-state index contributed by atoms with van der Waals surface area (Å²) < 4.78 is 11.5. The average molecular weight is 557 g/mol. The van der Waals surface area contributed by atoms with E-state index in [0.29, 0.717) is 19.3 Å². The highest BCUT2D eigenvalue weighted by atomic mass is 127. The molecule has 0 radical (unpaired) electrons. The summed E-state index contributed by atoms with van der Waals surface area (Å²) in [6, 6.07) is 8.70. The molecule has 0 bridgehead atoms. The summed E-state index contributed by atoms with van der Waals surface area (Å²) in [5.41, 5.74) is 2.48. The first kappa shape index (κ1) is 25.7. The molecule has 1 aromatic carbocycles. The lowest BCUT2D eigenvalue weighted by Crippen LogP contribution is -2.40. The first-order valence-corrected chi connectivity index (χ1v) is 12.3. The van der Waals surface area contributed by atoms with E-state index in [4.69, 9.17) is 14.5 Å². The van der Waals surface area contributed by atoms with Crippen molar-refractivity contribution in [3.05, 3.63) is 35.4 Å². The number of rotatable bonds is 8. The summed E-state index contributed by atoms with van der Waals surface area (Å²) >= 11 is 0. The van der Waals surface area contributed by atoms with Gasteiger partial charge in [-0.3, -0.25) is 0 Å². The fourth-order valence-corrected chi connectivity index (χ4v) is 4.97. The first-order valence-electron chi connectivity index (χ1n) is 12.3. The Morgan fingerprint density at radius 3 is 2.69 bits per heavy atom. The number of benzene rings is 1. The number of guanidine groups is 1. The van der Waals surface area contributed by atoms with Crippen LogP contribution >= 0.6 is 24.0 Å². The van der Waals surface area contributed by atoms with Gasteiger partial charge in [-0.1, -0.05) is 24.3 Å². The summed E-state index contributed by atoms with van der Waals surface area (Å²) in [6.07, 6.45) is 6.37. The lowest BCUT2D eigenvalue weighted by molar-refractivity contribution is -0.0390. The summed E-state index contributed by atoms with van der Waals surface area (Å²) in [5.74, 6) is 1.84. The molecule has 4 rings (SSSR count). The van der Waals surface area contributed by atoms with Crippen LogP contribution in [0.1, 0.15) is 50.2 Å². The molecular formula is C25H41IN4O2. The molecular weight excluding hydrogens is 515 g/mol. The molecule has 0 aliphatic carbocycles. The normalized spacial score (nSPS) is 22.8. The molecule has 32 heavy (non-hydrogen) atoms. The number of hydrogen-bond acceptors (Lipinski definition) is 4. The molecule has 1 N–H and O–H groups in total. The third kappa shape index (κ3) is 7.85. The Morgan fingerprint density at radius 2 is 1.91 bits per heavy atom. The van der Waals surface area contributed by atoms with E-state index in [1.54, 1.807) is 0 Å². The molecule has 1 atom stereocenters. The molecule has 3 heterocycles. The van der Waals surface area contributed by atoms with E-state index in [1.165, 1.54) is 50.0 Å². The van der Waals surface area contributed by atoms with Gasteiger partial charge in [0.2, 0.25) is 0 Å². The second-order valence-electron chi connectivity index (χ2n) is 9.22. The number of nitrogens with zero attached hydrogens (tertiary/aromatic N) is 3. The number of halogens is 1. The topological polar surface area (TPSA) is 49.3 Å². The van der Waals surface area contributed by atoms with Crippen molar-refractivity contribution in [3.8, 4) is 0 Å². The van der Waals surface area contributed by atoms with Gasteiger partial charge in [-0.25, -0.2) is 4.99 Å². The van der Waals surface area contributed by atoms with Gasteiger partial charge in [-0.05, 0) is 69.2 Å². The fourth-order valence-electron chi connectivity index (χ4n) is 4.97. The van der Waals surface area contributed by atoms with Gasteiger partial charge in [0.25, 0.3) is 0 Å². The van der Waals surface area contributed by atoms with E-state index in [9.17, 15) is 0 Å². The zero-order valence-corrected chi connectivity index (χ0v) is 22.0. The Balaban J connectivity index is 0.00000289. The molecule has 3 fully saturated rings. The number of likely N-dealkylation sites (tertiary alicyclic amines) is 2. The maximum Gasteiger partial charge on any atom is 0.194 e. The third-order valence-corrected chi connectivity index (χ3v) is 6.69. The molecule has 3 aliphatic heterocycles. The van der Waals surface area contributed by atoms with Gasteiger partial charge >= 0.3 is 0 Å². The second-order valence-corrected chi connectivity index (χ2v) is 9.22. The zero-order valence-electron chi connectivity index (χ0n) is 19.6. The SMILES string of the molecule is CCNC(=NCc1cccc(COC2CCOCC2)c1)N1CCC(CN2CCCC2)C1.I. The van der Waals surface area contributed by atoms with Crippen LogP contribution in [0.4, 0.5) is 0 Å². The molecule has 3 aliphatic rings. The van der Waals surface area contributed by atoms with Gasteiger partial charge in [0.1, 0.15) is 0 Å². The van der Waals surface area contributed by atoms with Crippen LogP contribution in [-0.4, -0.2) is 74.3 Å². The van der Waals surface area contributed by atoms with Gasteiger partial charge in [-0.15, -0.1) is 24.0 Å². The Hall–Kier alpha value is -0.900. The molecule has 7 heteroatoms. The van der Waals surface area contributed by atoms with E-state index in [2.05, 4.69) is 46.3 Å². The minimum Gasteiger partial charge on any atom is -0.381 e. The molecule has 1 aromatic rings. The van der Waals surface area contributed by atoms with Crippen LogP contribution in [0.5, 0.6) is 0 Å². The minimum absolute atomic E-state index is 0. The monoisotopic (exact) mass is 556 g/mol. The number of aliphatic imine (C=N–C) groups is 1. The van der Waals surface area contributed by atoms with Gasteiger partial charge in [-0.2, -0.15) is 0 Å². The Bertz CT molecular complexity index is 705. The lowest BCUT2D eigenvalue weighted by atomic mass is 10.1. The Kier molecular flexibility index (Phi) is 11.0. The van der Waals surface area contributed by atoms with Gasteiger partial charge < -0.3 is 24.6 Å². The molecule has 180 valence electrons. The molecule has 0 spiro atoms. The maximum absolute atomic E-state index is 6.10. The summed E-state index contributed by atoms with van der Waals surface area (Å²) in [7, 11) is 0. The fraction of sp³-hybridized carbons (Fsp3) is 0.720. The Labute approximate surface area is 211 Å². The van der Waals surface area contributed by atoms with Crippen LogP contribution in [0, 0.1) is 5.92 Å².